The van der Waals surface area contributed by atoms with Gasteiger partial charge < -0.3 is 15.8 Å². The van der Waals surface area contributed by atoms with Gasteiger partial charge in [-0.3, -0.25) is 4.68 Å². The highest BCUT2D eigenvalue weighted by molar-refractivity contribution is 6.07. The molecule has 1 aliphatic rings. The number of allylic oxidation sites excluding steroid dienone is 1. The fourth-order valence-corrected chi connectivity index (χ4v) is 3.49. The van der Waals surface area contributed by atoms with Crippen LogP contribution in [0.2, 0.25) is 0 Å². The van der Waals surface area contributed by atoms with Crippen molar-refractivity contribution in [3.05, 3.63) is 42.7 Å². The molecule has 0 aliphatic heterocycles. The molecule has 0 amide bonds. The molecule has 3 aromatic rings. The average Bonchev–Trinajstić information content (AvgIpc) is 3.38. The van der Waals surface area contributed by atoms with Crippen molar-refractivity contribution in [1.82, 2.24) is 29.7 Å². The van der Waals surface area contributed by atoms with Gasteiger partial charge in [0.2, 0.25) is 0 Å². The Morgan fingerprint density at radius 1 is 1.35 bits per heavy atom. The van der Waals surface area contributed by atoms with E-state index in [-0.39, 0.29) is 12.1 Å². The second kappa shape index (κ2) is 6.72. The molecule has 1 saturated carbocycles. The average molecular weight is 351 g/mol. The molecule has 0 spiro atoms. The Kier molecular flexibility index (Phi) is 4.26. The molecule has 26 heavy (non-hydrogen) atoms. The van der Waals surface area contributed by atoms with Crippen LogP contribution in [0.5, 0.6) is 0 Å². The zero-order chi connectivity index (χ0) is 18.1. The number of aliphatic hydroxyl groups excluding tert-OH is 1. The van der Waals surface area contributed by atoms with Gasteiger partial charge in [-0.05, 0) is 25.3 Å². The highest BCUT2D eigenvalue weighted by Gasteiger charge is 2.27. The number of rotatable bonds is 5. The maximum Gasteiger partial charge on any atom is 0.0999 e. The number of hydrogen-bond donors (Lipinski definition) is 3. The first-order valence-electron chi connectivity index (χ1n) is 8.66. The summed E-state index contributed by atoms with van der Waals surface area (Å²) in [7, 11) is 1.79. The second-order valence-electron chi connectivity index (χ2n) is 6.44. The second-order valence-corrected chi connectivity index (χ2v) is 6.44. The van der Waals surface area contributed by atoms with Crippen molar-refractivity contribution in [3.8, 4) is 11.3 Å². The lowest BCUT2D eigenvalue weighted by Crippen LogP contribution is -2.18. The quantitative estimate of drug-likeness (QED) is 0.609. The SMILES string of the molecule is CN/C=C(\C=N)c1cn2nccc2c(-c2cnn(C3CCCC3O)c2)n1. The summed E-state index contributed by atoms with van der Waals surface area (Å²) in [5.74, 6) is 0. The van der Waals surface area contributed by atoms with E-state index in [0.29, 0.717) is 11.3 Å². The monoisotopic (exact) mass is 351 g/mol. The highest BCUT2D eigenvalue weighted by Crippen LogP contribution is 2.31. The van der Waals surface area contributed by atoms with E-state index in [2.05, 4.69) is 15.5 Å². The topological polar surface area (TPSA) is 104 Å². The van der Waals surface area contributed by atoms with Crippen molar-refractivity contribution in [2.24, 2.45) is 0 Å². The Balaban J connectivity index is 1.81. The first kappa shape index (κ1) is 16.5. The van der Waals surface area contributed by atoms with Crippen molar-refractivity contribution in [2.45, 2.75) is 31.4 Å². The number of aromatic nitrogens is 5. The van der Waals surface area contributed by atoms with E-state index in [0.717, 1.165) is 36.0 Å². The summed E-state index contributed by atoms with van der Waals surface area (Å²) in [5, 5.41) is 29.5. The fraction of sp³-hybridized carbons (Fsp3) is 0.333. The van der Waals surface area contributed by atoms with Crippen LogP contribution in [0.3, 0.4) is 0 Å². The van der Waals surface area contributed by atoms with Crippen LogP contribution in [-0.2, 0) is 0 Å². The van der Waals surface area contributed by atoms with Crippen LogP contribution in [0.4, 0.5) is 0 Å². The molecule has 8 heteroatoms. The van der Waals surface area contributed by atoms with Gasteiger partial charge in [-0.1, -0.05) is 0 Å². The van der Waals surface area contributed by atoms with Gasteiger partial charge in [-0.2, -0.15) is 10.2 Å². The van der Waals surface area contributed by atoms with Gasteiger partial charge in [-0.15, -0.1) is 0 Å². The van der Waals surface area contributed by atoms with Crippen LogP contribution in [0.1, 0.15) is 31.0 Å². The number of nitrogens with one attached hydrogen (secondary N) is 2. The minimum atomic E-state index is -0.347. The lowest BCUT2D eigenvalue weighted by atomic mass is 10.1. The number of aliphatic hydroxyl groups is 1. The van der Waals surface area contributed by atoms with Gasteiger partial charge in [0.1, 0.15) is 0 Å². The molecular weight excluding hydrogens is 330 g/mol. The molecule has 3 N–H and O–H groups in total. The molecule has 4 rings (SSSR count). The molecule has 1 aliphatic carbocycles. The lowest BCUT2D eigenvalue weighted by Gasteiger charge is -2.14. The van der Waals surface area contributed by atoms with Crippen molar-refractivity contribution in [3.63, 3.8) is 0 Å². The predicted octanol–water partition coefficient (Wildman–Crippen LogP) is 1.89. The lowest BCUT2D eigenvalue weighted by molar-refractivity contribution is 0.130. The summed E-state index contributed by atoms with van der Waals surface area (Å²) < 4.78 is 3.60. The number of hydrogen-bond acceptors (Lipinski definition) is 6. The third-order valence-corrected chi connectivity index (χ3v) is 4.80. The summed E-state index contributed by atoms with van der Waals surface area (Å²) in [6.07, 6.45) is 12.6. The molecule has 0 bridgehead atoms. The third-order valence-electron chi connectivity index (χ3n) is 4.80. The van der Waals surface area contributed by atoms with Crippen LogP contribution in [0.15, 0.2) is 37.1 Å². The molecule has 0 radical (unpaired) electrons. The normalized spacial score (nSPS) is 20.6. The van der Waals surface area contributed by atoms with Crippen molar-refractivity contribution >= 4 is 17.3 Å². The maximum atomic E-state index is 10.1. The van der Waals surface area contributed by atoms with E-state index in [1.807, 2.05) is 16.9 Å². The minimum absolute atomic E-state index is 0.0224. The Labute approximate surface area is 150 Å². The van der Waals surface area contributed by atoms with E-state index in [9.17, 15) is 5.11 Å². The van der Waals surface area contributed by atoms with Gasteiger partial charge in [0.15, 0.2) is 0 Å². The summed E-state index contributed by atoms with van der Waals surface area (Å²) in [6, 6.07) is 1.92. The molecule has 3 heterocycles. The molecule has 0 aromatic carbocycles. The summed E-state index contributed by atoms with van der Waals surface area (Å²) in [4.78, 5) is 4.76. The highest BCUT2D eigenvalue weighted by atomic mass is 16.3. The van der Waals surface area contributed by atoms with Gasteiger partial charge in [0.05, 0.1) is 47.6 Å². The van der Waals surface area contributed by atoms with Gasteiger partial charge in [0.25, 0.3) is 0 Å². The Bertz CT molecular complexity index is 971. The molecule has 1 fully saturated rings. The van der Waals surface area contributed by atoms with E-state index in [1.165, 1.54) is 6.21 Å². The molecule has 8 nitrogen and oxygen atoms in total. The minimum Gasteiger partial charge on any atom is -0.393 e. The Hall–Kier alpha value is -3.00. The molecule has 3 aromatic heterocycles. The Morgan fingerprint density at radius 2 is 2.23 bits per heavy atom. The van der Waals surface area contributed by atoms with Gasteiger partial charge in [0, 0.05) is 36.8 Å². The third kappa shape index (κ3) is 2.78. The smallest absolute Gasteiger partial charge is 0.0999 e. The summed E-state index contributed by atoms with van der Waals surface area (Å²) in [5.41, 5.74) is 3.79. The molecule has 0 saturated heterocycles. The zero-order valence-electron chi connectivity index (χ0n) is 14.5. The fourth-order valence-electron chi connectivity index (χ4n) is 3.49. The van der Waals surface area contributed by atoms with Crippen LogP contribution < -0.4 is 5.32 Å². The predicted molar refractivity (Wildman–Crippen MR) is 98.9 cm³/mol. The van der Waals surface area contributed by atoms with Crippen LogP contribution in [-0.4, -0.2) is 48.9 Å². The van der Waals surface area contributed by atoms with Crippen LogP contribution >= 0.6 is 0 Å². The first-order valence-corrected chi connectivity index (χ1v) is 8.66. The molecule has 2 atom stereocenters. The van der Waals surface area contributed by atoms with Crippen LogP contribution in [0, 0.1) is 5.41 Å². The molecular formula is C18H21N7O. The van der Waals surface area contributed by atoms with E-state index in [1.54, 1.807) is 36.4 Å². The van der Waals surface area contributed by atoms with Crippen molar-refractivity contribution in [2.75, 3.05) is 7.05 Å². The Morgan fingerprint density at radius 3 is 2.96 bits per heavy atom. The molecule has 134 valence electrons. The number of nitrogens with zero attached hydrogens (tertiary/aromatic N) is 5. The largest absolute Gasteiger partial charge is 0.393 e. The van der Waals surface area contributed by atoms with Crippen LogP contribution in [0.25, 0.3) is 22.3 Å². The summed E-state index contributed by atoms with van der Waals surface area (Å²) in [6.45, 7) is 0. The van der Waals surface area contributed by atoms with E-state index < -0.39 is 0 Å². The van der Waals surface area contributed by atoms with Crippen molar-refractivity contribution < 1.29 is 5.11 Å². The standard InChI is InChI=1S/C18H21N7O/c1-20-8-12(7-19)14-11-25-16(5-6-21-25)18(23-14)13-9-22-24(10-13)15-3-2-4-17(15)26/h5-11,15,17,19-20,26H,2-4H2,1H3/b12-8+,19-7?. The maximum absolute atomic E-state index is 10.1. The van der Waals surface area contributed by atoms with Gasteiger partial charge in [-0.25, -0.2) is 9.50 Å². The van der Waals surface area contributed by atoms with Gasteiger partial charge >= 0.3 is 0 Å². The molecule has 2 unspecified atom stereocenters. The van der Waals surface area contributed by atoms with E-state index >= 15 is 0 Å². The van der Waals surface area contributed by atoms with Crippen molar-refractivity contribution in [1.29, 1.82) is 5.41 Å². The summed E-state index contributed by atoms with van der Waals surface area (Å²) >= 11 is 0. The number of fused-ring (bicyclic) bond motifs is 1. The van der Waals surface area contributed by atoms with E-state index in [4.69, 9.17) is 10.4 Å². The zero-order valence-corrected chi connectivity index (χ0v) is 14.5. The first-order chi connectivity index (χ1) is 12.7.